The van der Waals surface area contributed by atoms with E-state index in [4.69, 9.17) is 22.1 Å². The first-order valence-electron chi connectivity index (χ1n) is 8.01. The van der Waals surface area contributed by atoms with E-state index in [1.165, 1.54) is 11.1 Å². The largest absolute Gasteiger partial charge is 0.484 e. The lowest BCUT2D eigenvalue weighted by atomic mass is 10.1. The van der Waals surface area contributed by atoms with Crippen molar-refractivity contribution >= 4 is 17.5 Å². The molecule has 0 aliphatic carbocycles. The number of nitrogens with two attached hydrogens (primary N) is 1. The van der Waals surface area contributed by atoms with Crippen LogP contribution in [0.1, 0.15) is 18.1 Å². The van der Waals surface area contributed by atoms with E-state index < -0.39 is 5.91 Å². The molecular weight excluding hydrogens is 324 g/mol. The molecule has 2 rings (SSSR count). The number of rotatable bonds is 9. The van der Waals surface area contributed by atoms with Crippen LogP contribution in [0.15, 0.2) is 48.5 Å². The molecule has 0 saturated heterocycles. The second kappa shape index (κ2) is 9.30. The van der Waals surface area contributed by atoms with Crippen molar-refractivity contribution in [2.45, 2.75) is 25.8 Å². The second-order valence-corrected chi connectivity index (χ2v) is 6.27. The molecule has 2 aromatic carbocycles. The fourth-order valence-corrected chi connectivity index (χ4v) is 2.67. The Hall–Kier alpha value is -2.04. The minimum Gasteiger partial charge on any atom is -0.484 e. The third kappa shape index (κ3) is 6.60. The van der Waals surface area contributed by atoms with Crippen LogP contribution in [0.5, 0.6) is 5.75 Å². The minimum atomic E-state index is -0.475. The third-order valence-corrected chi connectivity index (χ3v) is 3.88. The Bertz CT molecular complexity index is 659. The number of amides is 1. The van der Waals surface area contributed by atoms with Gasteiger partial charge in [-0.15, -0.1) is 0 Å². The van der Waals surface area contributed by atoms with E-state index in [0.29, 0.717) is 11.8 Å². The zero-order valence-electron chi connectivity index (χ0n) is 13.8. The smallest absolute Gasteiger partial charge is 0.255 e. The molecule has 5 heteroatoms. The Morgan fingerprint density at radius 3 is 2.62 bits per heavy atom. The maximum Gasteiger partial charge on any atom is 0.255 e. The molecule has 0 saturated carbocycles. The van der Waals surface area contributed by atoms with Gasteiger partial charge in [-0.25, -0.2) is 0 Å². The van der Waals surface area contributed by atoms with Gasteiger partial charge >= 0.3 is 0 Å². The fourth-order valence-electron chi connectivity index (χ4n) is 2.46. The number of ether oxygens (including phenoxy) is 1. The van der Waals surface area contributed by atoms with Gasteiger partial charge in [-0.1, -0.05) is 35.9 Å². The highest BCUT2D eigenvalue weighted by molar-refractivity contribution is 6.30. The molecule has 2 aromatic rings. The minimum absolute atomic E-state index is 0.0964. The van der Waals surface area contributed by atoms with Gasteiger partial charge in [-0.3, -0.25) is 4.79 Å². The number of halogens is 1. The van der Waals surface area contributed by atoms with Crippen LogP contribution in [0.25, 0.3) is 0 Å². The third-order valence-electron chi connectivity index (χ3n) is 3.64. The van der Waals surface area contributed by atoms with Crippen molar-refractivity contribution in [2.24, 2.45) is 5.73 Å². The summed E-state index contributed by atoms with van der Waals surface area (Å²) in [5, 5.41) is 4.30. The van der Waals surface area contributed by atoms with Crippen molar-refractivity contribution in [2.75, 3.05) is 13.2 Å². The van der Waals surface area contributed by atoms with Crippen molar-refractivity contribution in [1.29, 1.82) is 0 Å². The lowest BCUT2D eigenvalue weighted by Gasteiger charge is -2.14. The molecule has 0 heterocycles. The number of primary amides is 1. The first kappa shape index (κ1) is 18.3. The van der Waals surface area contributed by atoms with Crippen molar-refractivity contribution < 1.29 is 9.53 Å². The van der Waals surface area contributed by atoms with E-state index >= 15 is 0 Å². The molecule has 0 aliphatic heterocycles. The Balaban J connectivity index is 1.73. The van der Waals surface area contributed by atoms with Gasteiger partial charge in [0.25, 0.3) is 5.91 Å². The molecule has 0 spiro atoms. The van der Waals surface area contributed by atoms with E-state index in [-0.39, 0.29) is 6.61 Å². The van der Waals surface area contributed by atoms with E-state index in [2.05, 4.69) is 18.3 Å². The topological polar surface area (TPSA) is 64.3 Å². The van der Waals surface area contributed by atoms with Crippen molar-refractivity contribution in [1.82, 2.24) is 5.32 Å². The van der Waals surface area contributed by atoms with Crippen LogP contribution < -0.4 is 15.8 Å². The number of benzene rings is 2. The average Bonchev–Trinajstić information content (AvgIpc) is 2.54. The lowest BCUT2D eigenvalue weighted by molar-refractivity contribution is -0.119. The van der Waals surface area contributed by atoms with E-state index in [9.17, 15) is 4.79 Å². The molecule has 0 bridgehead atoms. The number of hydrogen-bond acceptors (Lipinski definition) is 3. The quantitative estimate of drug-likeness (QED) is 0.733. The molecule has 0 radical (unpaired) electrons. The summed E-state index contributed by atoms with van der Waals surface area (Å²) in [4.78, 5) is 10.7. The summed E-state index contributed by atoms with van der Waals surface area (Å²) in [7, 11) is 0. The zero-order valence-corrected chi connectivity index (χ0v) is 14.6. The van der Waals surface area contributed by atoms with Gasteiger partial charge < -0.3 is 15.8 Å². The molecule has 1 atom stereocenters. The molecule has 0 aliphatic rings. The van der Waals surface area contributed by atoms with Crippen LogP contribution in [-0.2, 0) is 17.6 Å². The molecular formula is C19H23ClN2O2. The Kier molecular flexibility index (Phi) is 7.09. The molecule has 1 unspecified atom stereocenters. The van der Waals surface area contributed by atoms with Crippen LogP contribution in [0, 0.1) is 0 Å². The second-order valence-electron chi connectivity index (χ2n) is 5.84. The highest BCUT2D eigenvalue weighted by atomic mass is 35.5. The van der Waals surface area contributed by atoms with Gasteiger partial charge in [-0.2, -0.15) is 0 Å². The highest BCUT2D eigenvalue weighted by Crippen LogP contribution is 2.14. The summed E-state index contributed by atoms with van der Waals surface area (Å²) >= 11 is 5.99. The SMILES string of the molecule is CC(Cc1ccc(OCC(N)=O)cc1)NCCc1cccc(Cl)c1. The Morgan fingerprint density at radius 1 is 1.21 bits per heavy atom. The maximum atomic E-state index is 10.7. The van der Waals surface area contributed by atoms with Crippen molar-refractivity contribution in [3.8, 4) is 5.75 Å². The molecule has 0 fully saturated rings. The number of nitrogens with one attached hydrogen (secondary N) is 1. The molecule has 3 N–H and O–H groups in total. The van der Waals surface area contributed by atoms with Crippen molar-refractivity contribution in [3.05, 3.63) is 64.7 Å². The molecule has 128 valence electrons. The highest BCUT2D eigenvalue weighted by Gasteiger charge is 2.04. The van der Waals surface area contributed by atoms with E-state index in [0.717, 1.165) is 24.4 Å². The first-order valence-corrected chi connectivity index (χ1v) is 8.38. The van der Waals surface area contributed by atoms with Gasteiger partial charge in [0.05, 0.1) is 0 Å². The summed E-state index contributed by atoms with van der Waals surface area (Å²) in [6.07, 6.45) is 1.87. The number of carbonyl (C=O) groups is 1. The average molecular weight is 347 g/mol. The monoisotopic (exact) mass is 346 g/mol. The predicted molar refractivity (Wildman–Crippen MR) is 97.5 cm³/mol. The van der Waals surface area contributed by atoms with Crippen LogP contribution in [0.3, 0.4) is 0 Å². The van der Waals surface area contributed by atoms with Gasteiger partial charge in [0, 0.05) is 11.1 Å². The zero-order chi connectivity index (χ0) is 17.4. The van der Waals surface area contributed by atoms with Crippen LogP contribution in [0.2, 0.25) is 5.02 Å². The van der Waals surface area contributed by atoms with E-state index in [1.54, 1.807) is 0 Å². The molecule has 0 aromatic heterocycles. The van der Waals surface area contributed by atoms with Gasteiger partial charge in [-0.05, 0) is 61.7 Å². The molecule has 24 heavy (non-hydrogen) atoms. The first-order chi connectivity index (χ1) is 11.5. The normalized spacial score (nSPS) is 11.9. The maximum absolute atomic E-state index is 10.7. The number of carbonyl (C=O) groups excluding carboxylic acids is 1. The van der Waals surface area contributed by atoms with Crippen molar-refractivity contribution in [3.63, 3.8) is 0 Å². The van der Waals surface area contributed by atoms with Crippen LogP contribution in [0.4, 0.5) is 0 Å². The van der Waals surface area contributed by atoms with Gasteiger partial charge in [0.2, 0.25) is 0 Å². The summed E-state index contributed by atoms with van der Waals surface area (Å²) in [5.41, 5.74) is 7.50. The summed E-state index contributed by atoms with van der Waals surface area (Å²) < 4.78 is 5.25. The summed E-state index contributed by atoms with van der Waals surface area (Å²) in [6, 6.07) is 16.0. The molecule has 1 amide bonds. The fraction of sp³-hybridized carbons (Fsp3) is 0.316. The van der Waals surface area contributed by atoms with Gasteiger partial charge in [0.1, 0.15) is 5.75 Å². The summed E-state index contributed by atoms with van der Waals surface area (Å²) in [6.45, 7) is 2.97. The Labute approximate surface area is 148 Å². The summed E-state index contributed by atoms with van der Waals surface area (Å²) in [5.74, 6) is 0.177. The van der Waals surface area contributed by atoms with E-state index in [1.807, 2.05) is 42.5 Å². The standard InChI is InChI=1S/C19H23ClN2O2/c1-14(22-10-9-15-3-2-4-17(20)12-15)11-16-5-7-18(8-6-16)24-13-19(21)23/h2-8,12,14,22H,9-11,13H2,1H3,(H2,21,23). The Morgan fingerprint density at radius 2 is 1.96 bits per heavy atom. The number of hydrogen-bond donors (Lipinski definition) is 2. The van der Waals surface area contributed by atoms with Crippen LogP contribution >= 0.6 is 11.6 Å². The van der Waals surface area contributed by atoms with Gasteiger partial charge in [0.15, 0.2) is 6.61 Å². The lowest BCUT2D eigenvalue weighted by Crippen LogP contribution is -2.29. The van der Waals surface area contributed by atoms with Crippen LogP contribution in [-0.4, -0.2) is 25.1 Å². The molecule has 4 nitrogen and oxygen atoms in total. The predicted octanol–water partition coefficient (Wildman–Crippen LogP) is 2.97.